The molecule has 1 aliphatic rings. The Labute approximate surface area is 228 Å². The van der Waals surface area contributed by atoms with Gasteiger partial charge in [0.1, 0.15) is 35.3 Å². The molecule has 1 saturated heterocycles. The van der Waals surface area contributed by atoms with Crippen LogP contribution >= 0.6 is 15.9 Å². The molecule has 1 unspecified atom stereocenters. The molecule has 1 aliphatic heterocycles. The van der Waals surface area contributed by atoms with Gasteiger partial charge in [0.25, 0.3) is 0 Å². The number of nitrogens with two attached hydrogens (primary N) is 1. The van der Waals surface area contributed by atoms with Crippen molar-refractivity contribution in [3.63, 3.8) is 0 Å². The minimum atomic E-state index is -0.631. The molecule has 0 radical (unpaired) electrons. The zero-order valence-electron chi connectivity index (χ0n) is 21.1. The predicted octanol–water partition coefficient (Wildman–Crippen LogP) is 4.07. The number of halogens is 1. The average molecular weight is 588 g/mol. The number of hydrogen-bond donors (Lipinski definition) is 3. The van der Waals surface area contributed by atoms with E-state index >= 15 is 0 Å². The molecule has 4 rings (SSSR count). The number of nitrogens with one attached hydrogen (secondary N) is 1. The van der Waals surface area contributed by atoms with Crippen LogP contribution in [0.5, 0.6) is 11.5 Å². The second-order valence-electron chi connectivity index (χ2n) is 8.83. The van der Waals surface area contributed by atoms with Gasteiger partial charge in [-0.15, -0.1) is 0 Å². The van der Waals surface area contributed by atoms with Gasteiger partial charge in [-0.3, -0.25) is 9.36 Å². The molecule has 0 saturated carbocycles. The number of aromatic hydroxyl groups is 1. The fraction of sp³-hybridized carbons (Fsp3) is 0.385. The molecule has 0 aliphatic carbocycles. The molecule has 1 aromatic carbocycles. The van der Waals surface area contributed by atoms with Crippen LogP contribution < -0.4 is 21.5 Å². The Morgan fingerprint density at radius 1 is 1.29 bits per heavy atom. The maximum Gasteiger partial charge on any atom is 0.351 e. The van der Waals surface area contributed by atoms with E-state index in [-0.39, 0.29) is 23.4 Å². The monoisotopic (exact) mass is 587 g/mol. The van der Waals surface area contributed by atoms with Crippen LogP contribution in [0.3, 0.4) is 0 Å². The van der Waals surface area contributed by atoms with Crippen molar-refractivity contribution in [1.29, 1.82) is 0 Å². The minimum Gasteiger partial charge on any atom is -0.506 e. The predicted molar refractivity (Wildman–Crippen MR) is 144 cm³/mol. The highest BCUT2D eigenvalue weighted by atomic mass is 79.9. The Morgan fingerprint density at radius 2 is 2.08 bits per heavy atom. The standard InChI is InChI=1S/C26H30BrN5O6/c1-3-19-21(37-15(2)33)13-23(38-19)32-14-17(27)25(31-26(32)35)30-24-18(34)9-5-10-20(24)36-12-6-8-16-7-4-11-22(28)29-16/h4-5,7,9-11,14,19,21,23,34H,3,6,8,12-13H2,1-2H3,(H2,28,29)(H,30,31,35)/t19-,21?,23-/m1/s1. The van der Waals surface area contributed by atoms with Gasteiger partial charge in [0.15, 0.2) is 5.82 Å². The first kappa shape index (κ1) is 27.4. The highest BCUT2D eigenvalue weighted by Gasteiger charge is 2.38. The molecule has 0 bridgehead atoms. The van der Waals surface area contributed by atoms with Gasteiger partial charge in [-0.1, -0.05) is 19.1 Å². The van der Waals surface area contributed by atoms with Gasteiger partial charge in [-0.05, 0) is 59.5 Å². The molecule has 38 heavy (non-hydrogen) atoms. The van der Waals surface area contributed by atoms with Crippen molar-refractivity contribution in [3.05, 3.63) is 63.2 Å². The van der Waals surface area contributed by atoms with Gasteiger partial charge in [-0.2, -0.15) is 4.98 Å². The van der Waals surface area contributed by atoms with Crippen molar-refractivity contribution >= 4 is 39.2 Å². The van der Waals surface area contributed by atoms with Crippen LogP contribution in [0, 0.1) is 0 Å². The molecule has 202 valence electrons. The number of aryl methyl sites for hydroxylation is 1. The SMILES string of the molecule is CC[C@H]1O[C@@H](n2cc(Br)c(Nc3c(O)cccc3OCCCc3cccc(N)n3)nc2=O)CC1OC(C)=O. The molecule has 12 heteroatoms. The van der Waals surface area contributed by atoms with E-state index in [9.17, 15) is 14.7 Å². The van der Waals surface area contributed by atoms with E-state index in [1.807, 2.05) is 19.1 Å². The van der Waals surface area contributed by atoms with Crippen LogP contribution in [-0.4, -0.2) is 44.4 Å². The van der Waals surface area contributed by atoms with Gasteiger partial charge in [-0.25, -0.2) is 9.78 Å². The van der Waals surface area contributed by atoms with E-state index in [0.717, 1.165) is 5.69 Å². The van der Waals surface area contributed by atoms with Gasteiger partial charge < -0.3 is 30.4 Å². The molecule has 0 amide bonds. The number of phenolic OH excluding ortho intramolecular Hbond substituents is 1. The molecular weight excluding hydrogens is 558 g/mol. The highest BCUT2D eigenvalue weighted by Crippen LogP contribution is 2.38. The third-order valence-corrected chi connectivity index (χ3v) is 6.61. The maximum atomic E-state index is 12.9. The maximum absolute atomic E-state index is 12.9. The molecule has 1 fully saturated rings. The Kier molecular flexibility index (Phi) is 8.85. The summed E-state index contributed by atoms with van der Waals surface area (Å²) in [7, 11) is 0. The van der Waals surface area contributed by atoms with Crippen LogP contribution in [0.15, 0.2) is 51.9 Å². The smallest absolute Gasteiger partial charge is 0.351 e. The Hall–Kier alpha value is -3.64. The summed E-state index contributed by atoms with van der Waals surface area (Å²) in [4.78, 5) is 32.8. The van der Waals surface area contributed by atoms with Crippen LogP contribution in [-0.2, 0) is 20.7 Å². The summed E-state index contributed by atoms with van der Waals surface area (Å²) in [5.74, 6) is 0.607. The number of nitrogen functional groups attached to an aromatic ring is 1. The van der Waals surface area contributed by atoms with Crippen LogP contribution in [0.1, 0.15) is 45.0 Å². The third-order valence-electron chi connectivity index (χ3n) is 6.03. The number of para-hydroxylation sites is 1. The number of esters is 1. The van der Waals surface area contributed by atoms with E-state index in [0.29, 0.717) is 48.3 Å². The van der Waals surface area contributed by atoms with E-state index in [4.69, 9.17) is 19.9 Å². The fourth-order valence-electron chi connectivity index (χ4n) is 4.27. The lowest BCUT2D eigenvalue weighted by Gasteiger charge is -2.18. The molecule has 4 N–H and O–H groups in total. The molecule has 11 nitrogen and oxygen atoms in total. The molecule has 2 aromatic heterocycles. The normalized spacial score (nSPS) is 18.8. The van der Waals surface area contributed by atoms with Crippen LogP contribution in [0.25, 0.3) is 0 Å². The van der Waals surface area contributed by atoms with Gasteiger partial charge in [0.2, 0.25) is 0 Å². The summed E-state index contributed by atoms with van der Waals surface area (Å²) in [5.41, 5.74) is 6.31. The van der Waals surface area contributed by atoms with Crippen molar-refractivity contribution in [3.8, 4) is 11.5 Å². The summed E-state index contributed by atoms with van der Waals surface area (Å²) in [6.45, 7) is 3.64. The fourth-order valence-corrected chi connectivity index (χ4v) is 4.68. The molecule has 3 heterocycles. The first-order chi connectivity index (χ1) is 18.2. The number of carbonyl (C=O) groups is 1. The van der Waals surface area contributed by atoms with E-state index in [2.05, 4.69) is 31.2 Å². The topological polar surface area (TPSA) is 151 Å². The second-order valence-corrected chi connectivity index (χ2v) is 9.68. The second kappa shape index (κ2) is 12.3. The van der Waals surface area contributed by atoms with Crippen molar-refractivity contribution in [2.45, 2.75) is 58.0 Å². The van der Waals surface area contributed by atoms with E-state index in [1.54, 1.807) is 24.4 Å². The Bertz CT molecular complexity index is 1350. The number of pyridine rings is 1. The van der Waals surface area contributed by atoms with Crippen molar-refractivity contribution in [2.75, 3.05) is 17.7 Å². The molecule has 0 spiro atoms. The van der Waals surface area contributed by atoms with Crippen LogP contribution in [0.4, 0.5) is 17.3 Å². The van der Waals surface area contributed by atoms with E-state index < -0.39 is 24.0 Å². The number of carbonyl (C=O) groups excluding carboxylic acids is 1. The van der Waals surface area contributed by atoms with Gasteiger partial charge >= 0.3 is 11.7 Å². The largest absolute Gasteiger partial charge is 0.506 e. The quantitative estimate of drug-likeness (QED) is 0.180. The lowest BCUT2D eigenvalue weighted by atomic mass is 10.1. The third kappa shape index (κ3) is 6.62. The lowest BCUT2D eigenvalue weighted by Crippen LogP contribution is -2.27. The van der Waals surface area contributed by atoms with Crippen molar-refractivity contribution < 1.29 is 24.1 Å². The number of phenols is 1. The first-order valence-corrected chi connectivity index (χ1v) is 13.1. The zero-order valence-corrected chi connectivity index (χ0v) is 22.7. The van der Waals surface area contributed by atoms with Gasteiger partial charge in [0.05, 0.1) is 17.2 Å². The highest BCUT2D eigenvalue weighted by molar-refractivity contribution is 9.10. The Morgan fingerprint density at radius 3 is 2.82 bits per heavy atom. The number of benzene rings is 1. The van der Waals surface area contributed by atoms with Crippen molar-refractivity contribution in [1.82, 2.24) is 14.5 Å². The number of nitrogens with zero attached hydrogens (tertiary/aromatic N) is 3. The first-order valence-electron chi connectivity index (χ1n) is 12.3. The summed E-state index contributed by atoms with van der Waals surface area (Å²) < 4.78 is 19.1. The Balaban J connectivity index is 1.46. The molecule has 3 atom stereocenters. The lowest BCUT2D eigenvalue weighted by molar-refractivity contribution is -0.149. The number of hydrogen-bond acceptors (Lipinski definition) is 10. The average Bonchev–Trinajstić information content (AvgIpc) is 3.27. The number of aromatic nitrogens is 3. The molecular formula is C26H30BrN5O6. The summed E-state index contributed by atoms with van der Waals surface area (Å²) in [5, 5.41) is 13.5. The zero-order chi connectivity index (χ0) is 27.2. The summed E-state index contributed by atoms with van der Waals surface area (Å²) >= 11 is 3.45. The number of rotatable bonds is 10. The summed E-state index contributed by atoms with van der Waals surface area (Å²) in [6.07, 6.45) is 2.49. The number of anilines is 3. The van der Waals surface area contributed by atoms with Crippen molar-refractivity contribution in [2.24, 2.45) is 0 Å². The number of ether oxygens (including phenoxy) is 3. The minimum absolute atomic E-state index is 0.0629. The summed E-state index contributed by atoms with van der Waals surface area (Å²) in [6, 6.07) is 10.4. The van der Waals surface area contributed by atoms with E-state index in [1.165, 1.54) is 17.6 Å². The molecule has 3 aromatic rings. The van der Waals surface area contributed by atoms with Crippen LogP contribution in [0.2, 0.25) is 0 Å². The van der Waals surface area contributed by atoms with Gasteiger partial charge in [0, 0.05) is 25.2 Å².